The molecule has 4 nitrogen and oxygen atoms in total. The van der Waals surface area contributed by atoms with Crippen LogP contribution in [0.25, 0.3) is 0 Å². The molecule has 3 atom stereocenters. The Kier molecular flexibility index (Phi) is 11.6. The molecule has 0 fully saturated rings. The monoisotopic (exact) mass is 548 g/mol. The third kappa shape index (κ3) is 7.74. The maximum Gasteiger partial charge on any atom is 0.250 e. The smallest absolute Gasteiger partial charge is 0.250 e. The molecule has 1 aliphatic carbocycles. The fourth-order valence-electron chi connectivity index (χ4n) is 5.41. The van der Waals surface area contributed by atoms with E-state index in [0.29, 0.717) is 0 Å². The van der Waals surface area contributed by atoms with Gasteiger partial charge in [-0.25, -0.2) is 0 Å². The van der Waals surface area contributed by atoms with Crippen LogP contribution in [0.2, 0.25) is 36.3 Å². The first kappa shape index (κ1) is 32.1. The zero-order chi connectivity index (χ0) is 27.9. The van der Waals surface area contributed by atoms with Crippen molar-refractivity contribution >= 4 is 16.6 Å². The van der Waals surface area contributed by atoms with Crippen molar-refractivity contribution in [2.45, 2.75) is 136 Å². The van der Waals surface area contributed by atoms with Crippen molar-refractivity contribution in [1.82, 2.24) is 0 Å². The average Bonchev–Trinajstić information content (AvgIpc) is 3.15. The molecule has 1 N–H and O–H groups in total. The van der Waals surface area contributed by atoms with Crippen LogP contribution in [0.15, 0.2) is 35.9 Å². The van der Waals surface area contributed by atoms with Gasteiger partial charge in [0.15, 0.2) is 8.32 Å². The SMILES string of the molecule is CCCC(Oc1cccc(O[Si](C)(C)C(C)(C)C)c1)C1=CC[C@H](O[Si](CC)(CC)CC)[C@]1(C)CCCO. The molecule has 1 aliphatic rings. The van der Waals surface area contributed by atoms with Crippen molar-refractivity contribution in [2.24, 2.45) is 5.41 Å². The summed E-state index contributed by atoms with van der Waals surface area (Å²) in [5.74, 6) is 1.76. The number of rotatable bonds is 15. The molecule has 1 aromatic carbocycles. The highest BCUT2D eigenvalue weighted by atomic mass is 28.4. The number of aliphatic hydroxyl groups is 1. The zero-order valence-corrected chi connectivity index (χ0v) is 27.6. The fraction of sp³-hybridized carbons (Fsp3) is 0.742. The van der Waals surface area contributed by atoms with Crippen molar-refractivity contribution in [3.63, 3.8) is 0 Å². The molecule has 37 heavy (non-hydrogen) atoms. The highest BCUT2D eigenvalue weighted by molar-refractivity contribution is 6.74. The van der Waals surface area contributed by atoms with E-state index in [9.17, 15) is 5.11 Å². The summed E-state index contributed by atoms with van der Waals surface area (Å²) < 4.78 is 20.5. The van der Waals surface area contributed by atoms with E-state index in [2.05, 4.69) is 92.8 Å². The second-order valence-corrected chi connectivity index (χ2v) is 22.2. The summed E-state index contributed by atoms with van der Waals surface area (Å²) in [7, 11) is -3.70. The molecular formula is C31H56O4Si2. The molecule has 0 saturated carbocycles. The Morgan fingerprint density at radius 2 is 1.68 bits per heavy atom. The van der Waals surface area contributed by atoms with Gasteiger partial charge < -0.3 is 18.7 Å². The maximum atomic E-state index is 9.75. The molecule has 6 heteroatoms. The van der Waals surface area contributed by atoms with Crippen molar-refractivity contribution in [3.8, 4) is 11.5 Å². The lowest BCUT2D eigenvalue weighted by Gasteiger charge is -2.42. The van der Waals surface area contributed by atoms with Crippen LogP contribution in [0.1, 0.15) is 87.5 Å². The lowest BCUT2D eigenvalue weighted by atomic mass is 9.74. The molecule has 0 saturated heterocycles. The Hall–Kier alpha value is -1.09. The summed E-state index contributed by atoms with van der Waals surface area (Å²) >= 11 is 0. The molecular weight excluding hydrogens is 493 g/mol. The number of ether oxygens (including phenoxy) is 1. The van der Waals surface area contributed by atoms with Crippen molar-refractivity contribution in [2.75, 3.05) is 6.61 Å². The van der Waals surface area contributed by atoms with E-state index >= 15 is 0 Å². The first-order chi connectivity index (χ1) is 17.3. The van der Waals surface area contributed by atoms with Crippen LogP contribution in [0.4, 0.5) is 0 Å². The minimum atomic E-state index is -1.93. The first-order valence-electron chi connectivity index (χ1n) is 14.8. The predicted molar refractivity (Wildman–Crippen MR) is 163 cm³/mol. The number of benzene rings is 1. The second kappa shape index (κ2) is 13.3. The van der Waals surface area contributed by atoms with Gasteiger partial charge in [-0.1, -0.05) is 74.0 Å². The van der Waals surface area contributed by atoms with E-state index < -0.39 is 16.6 Å². The molecule has 1 aromatic rings. The van der Waals surface area contributed by atoms with Gasteiger partial charge in [0.2, 0.25) is 8.32 Å². The lowest BCUT2D eigenvalue weighted by Crippen LogP contribution is -2.46. The minimum absolute atomic E-state index is 0.00800. The summed E-state index contributed by atoms with van der Waals surface area (Å²) in [6.07, 6.45) is 7.19. The van der Waals surface area contributed by atoms with Gasteiger partial charge in [-0.05, 0) is 79.7 Å². The van der Waals surface area contributed by atoms with Crippen LogP contribution < -0.4 is 9.16 Å². The van der Waals surface area contributed by atoms with Crippen LogP contribution in [0, 0.1) is 5.41 Å². The van der Waals surface area contributed by atoms with Gasteiger partial charge in [0, 0.05) is 18.1 Å². The molecule has 0 aromatic heterocycles. The van der Waals surface area contributed by atoms with Crippen molar-refractivity contribution in [1.29, 1.82) is 0 Å². The molecule has 0 bridgehead atoms. The van der Waals surface area contributed by atoms with Crippen molar-refractivity contribution in [3.05, 3.63) is 35.9 Å². The molecule has 0 radical (unpaired) electrons. The lowest BCUT2D eigenvalue weighted by molar-refractivity contribution is 0.0625. The summed E-state index contributed by atoms with van der Waals surface area (Å²) in [5, 5.41) is 9.89. The fourth-order valence-corrected chi connectivity index (χ4v) is 9.39. The number of hydrogen-bond acceptors (Lipinski definition) is 4. The highest BCUT2D eigenvalue weighted by Gasteiger charge is 2.48. The minimum Gasteiger partial charge on any atom is -0.543 e. The van der Waals surface area contributed by atoms with Crippen LogP contribution in [0.5, 0.6) is 11.5 Å². The first-order valence-corrected chi connectivity index (χ1v) is 20.2. The Bertz CT molecular complexity index is 864. The van der Waals surface area contributed by atoms with E-state index in [1.54, 1.807) is 0 Å². The van der Waals surface area contributed by atoms with Gasteiger partial charge in [0.1, 0.15) is 17.6 Å². The molecule has 0 spiro atoms. The van der Waals surface area contributed by atoms with Gasteiger partial charge in [0.25, 0.3) is 0 Å². The summed E-state index contributed by atoms with van der Waals surface area (Å²) in [6.45, 7) is 23.1. The molecule has 0 amide bonds. The average molecular weight is 549 g/mol. The van der Waals surface area contributed by atoms with Gasteiger partial charge >= 0.3 is 0 Å². The Morgan fingerprint density at radius 3 is 2.22 bits per heavy atom. The van der Waals surface area contributed by atoms with E-state index in [4.69, 9.17) is 13.6 Å². The van der Waals surface area contributed by atoms with E-state index in [0.717, 1.165) is 61.7 Å². The van der Waals surface area contributed by atoms with E-state index in [-0.39, 0.29) is 29.3 Å². The number of hydrogen-bond donors (Lipinski definition) is 1. The predicted octanol–water partition coefficient (Wildman–Crippen LogP) is 9.12. The van der Waals surface area contributed by atoms with E-state index in [1.165, 1.54) is 5.57 Å². The molecule has 2 rings (SSSR count). The standard InChI is InChI=1S/C31H56O4Si2/c1-11-17-28(33-25-18-15-19-26(24-25)34-36(9,10)30(5,6)7)27-20-21-29(31(27,8)22-16-23-32)35-37(12-2,13-3)14-4/h15,18-20,24,28-29,32H,11-14,16-17,21-23H2,1-10H3/t28?,29-,31+/m0/s1. The second-order valence-electron chi connectivity index (χ2n) is 12.7. The largest absolute Gasteiger partial charge is 0.543 e. The van der Waals surface area contributed by atoms with Crippen molar-refractivity contribution < 1.29 is 18.7 Å². The third-order valence-corrected chi connectivity index (χ3v) is 18.3. The molecule has 0 heterocycles. The van der Waals surface area contributed by atoms with Gasteiger partial charge in [0.05, 0.1) is 6.10 Å². The topological polar surface area (TPSA) is 47.9 Å². The normalized spacial score (nSPS) is 21.6. The Balaban J connectivity index is 2.34. The maximum absolute atomic E-state index is 9.75. The van der Waals surface area contributed by atoms with Gasteiger partial charge in [-0.3, -0.25) is 0 Å². The number of aliphatic hydroxyl groups excluding tert-OH is 1. The summed E-state index contributed by atoms with van der Waals surface area (Å²) in [4.78, 5) is 0. The summed E-state index contributed by atoms with van der Waals surface area (Å²) in [6, 6.07) is 11.7. The van der Waals surface area contributed by atoms with Crippen LogP contribution in [-0.2, 0) is 4.43 Å². The Labute approximate surface area is 230 Å². The van der Waals surface area contributed by atoms with Crippen LogP contribution in [0.3, 0.4) is 0 Å². The molecule has 1 unspecified atom stereocenters. The van der Waals surface area contributed by atoms with Crippen LogP contribution >= 0.6 is 0 Å². The highest BCUT2D eigenvalue weighted by Crippen LogP contribution is 2.49. The quantitative estimate of drug-likeness (QED) is 0.175. The molecule has 0 aliphatic heterocycles. The van der Waals surface area contributed by atoms with E-state index in [1.807, 2.05) is 6.07 Å². The van der Waals surface area contributed by atoms with Gasteiger partial charge in [-0.2, -0.15) is 0 Å². The van der Waals surface area contributed by atoms with Gasteiger partial charge in [-0.15, -0.1) is 0 Å². The summed E-state index contributed by atoms with van der Waals surface area (Å²) in [5.41, 5.74) is 1.23. The molecule has 212 valence electrons. The Morgan fingerprint density at radius 1 is 1.05 bits per heavy atom. The zero-order valence-electron chi connectivity index (χ0n) is 25.6. The van der Waals surface area contributed by atoms with Crippen LogP contribution in [-0.4, -0.2) is 40.6 Å². The third-order valence-electron chi connectivity index (χ3n) is 9.26.